The molecular weight excluding hydrogens is 272 g/mol. The predicted octanol–water partition coefficient (Wildman–Crippen LogP) is 3.51. The van der Waals surface area contributed by atoms with E-state index in [0.717, 1.165) is 37.2 Å². The number of benzene rings is 2. The minimum atomic E-state index is -0.442. The van der Waals surface area contributed by atoms with Gasteiger partial charge in [-0.3, -0.25) is 0 Å². The summed E-state index contributed by atoms with van der Waals surface area (Å²) >= 11 is 0. The van der Waals surface area contributed by atoms with Gasteiger partial charge in [-0.2, -0.15) is 0 Å². The molecule has 2 nitrogen and oxygen atoms in total. The summed E-state index contributed by atoms with van der Waals surface area (Å²) in [7, 11) is 0. The summed E-state index contributed by atoms with van der Waals surface area (Å²) in [6.45, 7) is 2.21. The molecule has 0 unspecified atom stereocenters. The fourth-order valence-electron chi connectivity index (χ4n) is 2.59. The van der Waals surface area contributed by atoms with Crippen LogP contribution in [0.5, 0.6) is 0 Å². The molecule has 1 aliphatic rings. The fraction of sp³-hybridized carbons (Fsp3) is 0.294. The number of rotatable bonds is 4. The van der Waals surface area contributed by atoms with E-state index in [1.165, 1.54) is 6.07 Å². The van der Waals surface area contributed by atoms with E-state index >= 15 is 0 Å². The van der Waals surface area contributed by atoms with Gasteiger partial charge in [0.2, 0.25) is 0 Å². The van der Waals surface area contributed by atoms with Gasteiger partial charge in [0.05, 0.1) is 12.7 Å². The Labute approximate surface area is 122 Å². The van der Waals surface area contributed by atoms with Gasteiger partial charge in [-0.25, -0.2) is 8.78 Å². The highest BCUT2D eigenvalue weighted by atomic mass is 19.1. The van der Waals surface area contributed by atoms with E-state index in [1.807, 2.05) is 18.2 Å². The molecule has 4 heteroatoms. The van der Waals surface area contributed by atoms with E-state index in [0.29, 0.717) is 12.2 Å². The molecule has 0 amide bonds. The average Bonchev–Trinajstić information content (AvgIpc) is 3.01. The first-order valence-corrected chi connectivity index (χ1v) is 7.09. The highest BCUT2D eigenvalue weighted by Crippen LogP contribution is 2.28. The topological polar surface area (TPSA) is 21.3 Å². The van der Waals surface area contributed by atoms with Crippen molar-refractivity contribution >= 4 is 0 Å². The van der Waals surface area contributed by atoms with Crippen LogP contribution in [-0.4, -0.2) is 19.2 Å². The van der Waals surface area contributed by atoms with E-state index in [1.54, 1.807) is 6.07 Å². The standard InChI is InChI=1S/C17H17F2NO/c18-13-5-6-17(19)16(9-13)15-4-2-1-3-12(15)11-21-14-7-8-20-10-14/h1-6,9,14,20H,7-8,10-11H2/t14-/m0/s1. The summed E-state index contributed by atoms with van der Waals surface area (Å²) in [5.41, 5.74) is 1.83. The Hall–Kier alpha value is -1.78. The summed E-state index contributed by atoms with van der Waals surface area (Å²) in [6, 6.07) is 10.9. The number of halogens is 2. The molecule has 1 heterocycles. The van der Waals surface area contributed by atoms with Gasteiger partial charge in [-0.05, 0) is 42.3 Å². The summed E-state index contributed by atoms with van der Waals surface area (Å²) in [4.78, 5) is 0. The van der Waals surface area contributed by atoms with Crippen molar-refractivity contribution in [2.24, 2.45) is 0 Å². The van der Waals surface area contributed by atoms with E-state index in [-0.39, 0.29) is 11.7 Å². The minimum absolute atomic E-state index is 0.190. The molecule has 2 aromatic carbocycles. The molecule has 0 aromatic heterocycles. The maximum atomic E-state index is 14.0. The molecule has 0 spiro atoms. The van der Waals surface area contributed by atoms with Crippen LogP contribution in [-0.2, 0) is 11.3 Å². The van der Waals surface area contributed by atoms with Crippen molar-refractivity contribution in [2.75, 3.05) is 13.1 Å². The Morgan fingerprint density at radius 1 is 1.10 bits per heavy atom. The second-order valence-corrected chi connectivity index (χ2v) is 5.21. The van der Waals surface area contributed by atoms with Crippen molar-refractivity contribution < 1.29 is 13.5 Å². The molecule has 0 radical (unpaired) electrons. The van der Waals surface area contributed by atoms with Crippen LogP contribution in [0.4, 0.5) is 8.78 Å². The molecule has 1 saturated heterocycles. The number of nitrogens with one attached hydrogen (secondary N) is 1. The van der Waals surface area contributed by atoms with Crippen molar-refractivity contribution in [3.63, 3.8) is 0 Å². The van der Waals surface area contributed by atoms with Crippen LogP contribution in [0.25, 0.3) is 11.1 Å². The molecular formula is C17H17F2NO. The Balaban J connectivity index is 1.86. The van der Waals surface area contributed by atoms with Gasteiger partial charge in [-0.15, -0.1) is 0 Å². The zero-order valence-electron chi connectivity index (χ0n) is 11.6. The van der Waals surface area contributed by atoms with Crippen LogP contribution >= 0.6 is 0 Å². The molecule has 21 heavy (non-hydrogen) atoms. The Morgan fingerprint density at radius 3 is 2.76 bits per heavy atom. The molecule has 0 aliphatic carbocycles. The largest absolute Gasteiger partial charge is 0.372 e. The van der Waals surface area contributed by atoms with Crippen LogP contribution < -0.4 is 5.32 Å². The van der Waals surface area contributed by atoms with E-state index < -0.39 is 11.6 Å². The predicted molar refractivity (Wildman–Crippen MR) is 77.9 cm³/mol. The average molecular weight is 289 g/mol. The molecule has 1 N–H and O–H groups in total. The normalized spacial score (nSPS) is 18.1. The Kier molecular flexibility index (Phi) is 4.27. The van der Waals surface area contributed by atoms with Crippen molar-refractivity contribution in [1.29, 1.82) is 0 Å². The van der Waals surface area contributed by atoms with Crippen LogP contribution in [0, 0.1) is 11.6 Å². The smallest absolute Gasteiger partial charge is 0.131 e. The van der Waals surface area contributed by atoms with Crippen LogP contribution in [0.3, 0.4) is 0 Å². The molecule has 3 rings (SSSR count). The van der Waals surface area contributed by atoms with Crippen LogP contribution in [0.15, 0.2) is 42.5 Å². The third-order valence-electron chi connectivity index (χ3n) is 3.73. The summed E-state index contributed by atoms with van der Waals surface area (Å²) in [5, 5.41) is 3.24. The lowest BCUT2D eigenvalue weighted by molar-refractivity contribution is 0.0545. The lowest BCUT2D eigenvalue weighted by Crippen LogP contribution is -2.16. The Bertz CT molecular complexity index is 624. The number of hydrogen-bond donors (Lipinski definition) is 1. The molecule has 0 saturated carbocycles. The second-order valence-electron chi connectivity index (χ2n) is 5.21. The van der Waals surface area contributed by atoms with Gasteiger partial charge in [0, 0.05) is 12.1 Å². The first-order chi connectivity index (χ1) is 10.2. The molecule has 1 aliphatic heterocycles. The van der Waals surface area contributed by atoms with Gasteiger partial charge in [0.25, 0.3) is 0 Å². The van der Waals surface area contributed by atoms with Gasteiger partial charge < -0.3 is 10.1 Å². The number of ether oxygens (including phenoxy) is 1. The monoisotopic (exact) mass is 289 g/mol. The molecule has 1 fully saturated rings. The second kappa shape index (κ2) is 6.33. The van der Waals surface area contributed by atoms with Crippen molar-refractivity contribution in [2.45, 2.75) is 19.1 Å². The third-order valence-corrected chi connectivity index (χ3v) is 3.73. The Morgan fingerprint density at radius 2 is 1.95 bits per heavy atom. The SMILES string of the molecule is Fc1ccc(F)c(-c2ccccc2CO[C@H]2CCNC2)c1. The summed E-state index contributed by atoms with van der Waals surface area (Å²) < 4.78 is 33.2. The van der Waals surface area contributed by atoms with Crippen molar-refractivity contribution in [3.05, 3.63) is 59.7 Å². The van der Waals surface area contributed by atoms with E-state index in [2.05, 4.69) is 5.32 Å². The highest BCUT2D eigenvalue weighted by molar-refractivity contribution is 5.67. The van der Waals surface area contributed by atoms with Crippen molar-refractivity contribution in [1.82, 2.24) is 5.32 Å². The highest BCUT2D eigenvalue weighted by Gasteiger charge is 2.16. The van der Waals surface area contributed by atoms with Gasteiger partial charge in [-0.1, -0.05) is 24.3 Å². The van der Waals surface area contributed by atoms with Gasteiger partial charge in [0.15, 0.2) is 0 Å². The van der Waals surface area contributed by atoms with Crippen LogP contribution in [0.2, 0.25) is 0 Å². The molecule has 0 bridgehead atoms. The summed E-state index contributed by atoms with van der Waals surface area (Å²) in [6.07, 6.45) is 1.17. The number of hydrogen-bond acceptors (Lipinski definition) is 2. The first kappa shape index (κ1) is 14.2. The van der Waals surface area contributed by atoms with Crippen LogP contribution in [0.1, 0.15) is 12.0 Å². The first-order valence-electron chi connectivity index (χ1n) is 7.09. The quantitative estimate of drug-likeness (QED) is 0.930. The van der Waals surface area contributed by atoms with Gasteiger partial charge >= 0.3 is 0 Å². The lowest BCUT2D eigenvalue weighted by Gasteiger charge is -2.14. The fourth-order valence-corrected chi connectivity index (χ4v) is 2.59. The lowest BCUT2D eigenvalue weighted by atomic mass is 9.99. The minimum Gasteiger partial charge on any atom is -0.372 e. The molecule has 1 atom stereocenters. The molecule has 110 valence electrons. The van der Waals surface area contributed by atoms with E-state index in [9.17, 15) is 8.78 Å². The maximum absolute atomic E-state index is 14.0. The van der Waals surface area contributed by atoms with E-state index in [4.69, 9.17) is 4.74 Å². The third kappa shape index (κ3) is 3.28. The summed E-state index contributed by atoms with van der Waals surface area (Å²) in [5.74, 6) is -0.867. The van der Waals surface area contributed by atoms with Crippen molar-refractivity contribution in [3.8, 4) is 11.1 Å². The van der Waals surface area contributed by atoms with Gasteiger partial charge in [0.1, 0.15) is 11.6 Å². The zero-order chi connectivity index (χ0) is 14.7. The molecule has 2 aromatic rings. The maximum Gasteiger partial charge on any atom is 0.131 e. The zero-order valence-corrected chi connectivity index (χ0v) is 11.6.